The number of nitrogens with one attached hydrogen (secondary N) is 1. The molecule has 2 aliphatic heterocycles. The predicted octanol–water partition coefficient (Wildman–Crippen LogP) is -1.06. The summed E-state index contributed by atoms with van der Waals surface area (Å²) >= 11 is 0. The van der Waals surface area contributed by atoms with Gasteiger partial charge in [0.05, 0.1) is 19.8 Å². The van der Waals surface area contributed by atoms with E-state index in [1.165, 1.54) is 0 Å². The predicted molar refractivity (Wildman–Crippen MR) is 160 cm³/mol. The smallest absolute Gasteiger partial charge is 0.397 e. The molecular formula is C28H35NO18S2. The molecule has 2 aliphatic rings. The first kappa shape index (κ1) is 38.6. The van der Waals surface area contributed by atoms with Gasteiger partial charge in [0.1, 0.15) is 42.7 Å². The highest BCUT2D eigenvalue weighted by atomic mass is 32.3. The summed E-state index contributed by atoms with van der Waals surface area (Å²) in [5.74, 6) is -2.44. The van der Waals surface area contributed by atoms with Crippen LogP contribution in [0.4, 0.5) is 0 Å². The largest absolute Gasteiger partial charge is 0.479 e. The fourth-order valence-electron chi connectivity index (χ4n) is 5.21. The molecule has 0 aromatic heterocycles. The lowest BCUT2D eigenvalue weighted by Crippen LogP contribution is -2.68. The van der Waals surface area contributed by atoms with E-state index in [4.69, 9.17) is 28.2 Å². The molecule has 10 atom stereocenters. The monoisotopic (exact) mass is 737 g/mol. The number of aliphatic hydroxyl groups is 2. The van der Waals surface area contributed by atoms with Gasteiger partial charge in [0, 0.05) is 6.92 Å². The number of benzene rings is 2. The van der Waals surface area contributed by atoms with Gasteiger partial charge in [-0.3, -0.25) is 13.9 Å². The van der Waals surface area contributed by atoms with Crippen LogP contribution in [0.3, 0.4) is 0 Å². The first-order valence-electron chi connectivity index (χ1n) is 14.4. The van der Waals surface area contributed by atoms with Crippen LogP contribution >= 0.6 is 0 Å². The molecule has 4 rings (SSSR count). The molecule has 2 aromatic rings. The average molecular weight is 738 g/mol. The summed E-state index contributed by atoms with van der Waals surface area (Å²) in [6.07, 6.45) is -17.3. The average Bonchev–Trinajstić information content (AvgIpc) is 3.02. The molecule has 2 fully saturated rings. The highest BCUT2D eigenvalue weighted by Crippen LogP contribution is 2.33. The van der Waals surface area contributed by atoms with Gasteiger partial charge in [-0.15, -0.1) is 0 Å². The van der Waals surface area contributed by atoms with E-state index in [-0.39, 0.29) is 13.2 Å². The molecule has 19 nitrogen and oxygen atoms in total. The third-order valence-electron chi connectivity index (χ3n) is 7.27. The molecule has 2 aromatic carbocycles. The number of ether oxygens (including phenoxy) is 5. The minimum atomic E-state index is -5.45. The number of aliphatic hydroxyl groups excluding tert-OH is 2. The van der Waals surface area contributed by atoms with E-state index < -0.39 is 101 Å². The van der Waals surface area contributed by atoms with Crippen molar-refractivity contribution in [2.24, 2.45) is 0 Å². The highest BCUT2D eigenvalue weighted by Gasteiger charge is 2.55. The van der Waals surface area contributed by atoms with E-state index in [9.17, 15) is 46.3 Å². The van der Waals surface area contributed by atoms with Crippen LogP contribution in [0.1, 0.15) is 18.1 Å². The second-order valence-electron chi connectivity index (χ2n) is 10.9. The van der Waals surface area contributed by atoms with Gasteiger partial charge >= 0.3 is 26.8 Å². The third-order valence-corrected chi connectivity index (χ3v) is 8.17. The molecule has 0 unspecified atom stereocenters. The lowest BCUT2D eigenvalue weighted by molar-refractivity contribution is -0.342. The molecule has 21 heteroatoms. The fraction of sp³-hybridized carbons (Fsp3) is 0.500. The Morgan fingerprint density at radius 3 is 1.84 bits per heavy atom. The molecule has 0 bridgehead atoms. The number of rotatable bonds is 15. The minimum Gasteiger partial charge on any atom is -0.479 e. The maximum atomic E-state index is 12.5. The lowest BCUT2D eigenvalue weighted by atomic mass is 9.95. The van der Waals surface area contributed by atoms with Gasteiger partial charge in [-0.2, -0.15) is 16.8 Å². The van der Waals surface area contributed by atoms with E-state index in [1.807, 2.05) is 0 Å². The number of carboxylic acid groups (broad SMARTS) is 1. The normalized spacial score (nSPS) is 30.8. The SMILES string of the molecule is CC(=O)N[C@@H]1[C@@H](O[C@@H]2O[C@H](C(=O)O)[C@@H](OCc3ccccc3)[C@H](OCc3ccccc3)[C@H]2O)[C@@H](OS(=O)(=O)O)[C@@H](COS(=O)(=O)O)O[C@H]1O. The topological polar surface area (TPSA) is 280 Å². The van der Waals surface area contributed by atoms with E-state index >= 15 is 0 Å². The Morgan fingerprint density at radius 2 is 1.35 bits per heavy atom. The summed E-state index contributed by atoms with van der Waals surface area (Å²) in [5, 5.41) is 34.7. The quantitative estimate of drug-likeness (QED) is 0.119. The van der Waals surface area contributed by atoms with E-state index in [2.05, 4.69) is 13.7 Å². The Hall–Kier alpha value is -3.16. The van der Waals surface area contributed by atoms with E-state index in [1.54, 1.807) is 60.7 Å². The van der Waals surface area contributed by atoms with Gasteiger partial charge in [-0.1, -0.05) is 60.7 Å². The van der Waals surface area contributed by atoms with Crippen molar-refractivity contribution in [3.8, 4) is 0 Å². The van der Waals surface area contributed by atoms with Crippen LogP contribution in [0, 0.1) is 0 Å². The van der Waals surface area contributed by atoms with Crippen LogP contribution in [0.25, 0.3) is 0 Å². The van der Waals surface area contributed by atoms with Gasteiger partial charge in [-0.05, 0) is 11.1 Å². The zero-order valence-electron chi connectivity index (χ0n) is 25.5. The summed E-state index contributed by atoms with van der Waals surface area (Å²) in [6, 6.07) is 15.4. The minimum absolute atomic E-state index is 0.140. The Kier molecular flexibility index (Phi) is 13.2. The van der Waals surface area contributed by atoms with Gasteiger partial charge in [-0.25, -0.2) is 13.2 Å². The zero-order valence-corrected chi connectivity index (χ0v) is 27.2. The molecule has 49 heavy (non-hydrogen) atoms. The highest BCUT2D eigenvalue weighted by molar-refractivity contribution is 7.81. The number of carbonyl (C=O) groups is 2. The second kappa shape index (κ2) is 16.7. The molecule has 2 saturated heterocycles. The molecule has 272 valence electrons. The third kappa shape index (κ3) is 11.2. The standard InChI is InChI=1S/C28H35NO18S2/c1-15(30)29-19-22(21(47-49(38,39)40)18(44-27(19)34)14-43-48(35,36)37)45-28-20(31)23(41-12-16-8-4-2-5-9-16)24(25(46-28)26(32)33)42-13-17-10-6-3-7-11-17/h2-11,18-25,27-28,31,34H,12-14H2,1H3,(H,29,30)(H,32,33)(H,35,36,37)(H,38,39,40)/t18-,19-,20-,21+,22-,23-,24+,25+,27-,28-/m1/s1. The van der Waals surface area contributed by atoms with Crippen molar-refractivity contribution < 1.29 is 82.9 Å². The lowest BCUT2D eigenvalue weighted by Gasteiger charge is -2.48. The second-order valence-corrected chi connectivity index (χ2v) is 13.0. The van der Waals surface area contributed by atoms with Crippen LogP contribution in [-0.4, -0.2) is 121 Å². The van der Waals surface area contributed by atoms with Crippen LogP contribution in [-0.2, 0) is 75.7 Å². The summed E-state index contributed by atoms with van der Waals surface area (Å²) in [6.45, 7) is -0.545. The molecule has 1 amide bonds. The molecule has 0 spiro atoms. The van der Waals surface area contributed by atoms with Gasteiger partial charge in [0.15, 0.2) is 18.7 Å². The van der Waals surface area contributed by atoms with Crippen LogP contribution in [0.5, 0.6) is 0 Å². The number of hydrogen-bond acceptors (Lipinski definition) is 15. The Labute approximate surface area is 280 Å². The van der Waals surface area contributed by atoms with Gasteiger partial charge in [0.25, 0.3) is 0 Å². The van der Waals surface area contributed by atoms with Crippen molar-refractivity contribution in [1.29, 1.82) is 0 Å². The van der Waals surface area contributed by atoms with Crippen molar-refractivity contribution in [3.05, 3.63) is 71.8 Å². The molecule has 2 heterocycles. The summed E-state index contributed by atoms with van der Waals surface area (Å²) in [4.78, 5) is 24.6. The van der Waals surface area contributed by atoms with E-state index in [0.717, 1.165) is 6.92 Å². The first-order chi connectivity index (χ1) is 23.0. The van der Waals surface area contributed by atoms with Crippen LogP contribution < -0.4 is 5.32 Å². The summed E-state index contributed by atoms with van der Waals surface area (Å²) in [5.41, 5.74) is 1.26. The Balaban J connectivity index is 1.71. The van der Waals surface area contributed by atoms with Gasteiger partial charge in [0.2, 0.25) is 5.91 Å². The number of carbonyl (C=O) groups excluding carboxylic acids is 1. The Bertz CT molecular complexity index is 1610. The molecule has 0 radical (unpaired) electrons. The van der Waals surface area contributed by atoms with Crippen LogP contribution in [0.2, 0.25) is 0 Å². The van der Waals surface area contributed by atoms with Crippen molar-refractivity contribution in [3.63, 3.8) is 0 Å². The zero-order chi connectivity index (χ0) is 35.9. The first-order valence-corrected chi connectivity index (χ1v) is 17.2. The molecule has 0 aliphatic carbocycles. The van der Waals surface area contributed by atoms with Gasteiger partial charge < -0.3 is 44.3 Å². The Morgan fingerprint density at radius 1 is 0.796 bits per heavy atom. The summed E-state index contributed by atoms with van der Waals surface area (Å²) < 4.78 is 102. The van der Waals surface area contributed by atoms with Crippen molar-refractivity contribution >= 4 is 32.7 Å². The number of carboxylic acids is 1. The maximum absolute atomic E-state index is 12.5. The van der Waals surface area contributed by atoms with Crippen molar-refractivity contribution in [1.82, 2.24) is 5.32 Å². The van der Waals surface area contributed by atoms with Crippen molar-refractivity contribution in [2.45, 2.75) is 81.5 Å². The number of amides is 1. The number of hydrogen-bond donors (Lipinski definition) is 6. The maximum Gasteiger partial charge on any atom is 0.397 e. The molecule has 6 N–H and O–H groups in total. The van der Waals surface area contributed by atoms with E-state index in [0.29, 0.717) is 11.1 Å². The number of aliphatic carboxylic acids is 1. The van der Waals surface area contributed by atoms with Crippen LogP contribution in [0.15, 0.2) is 60.7 Å². The molecular weight excluding hydrogens is 702 g/mol. The summed E-state index contributed by atoms with van der Waals surface area (Å²) in [7, 11) is -10.6. The fourth-order valence-corrected chi connectivity index (χ4v) is 6.03. The van der Waals surface area contributed by atoms with Crippen molar-refractivity contribution in [2.75, 3.05) is 6.61 Å². The molecule has 0 saturated carbocycles.